The summed E-state index contributed by atoms with van der Waals surface area (Å²) in [7, 11) is 0. The van der Waals surface area contributed by atoms with Crippen LogP contribution in [0.5, 0.6) is 0 Å². The number of benzene rings is 1. The second kappa shape index (κ2) is 5.12. The summed E-state index contributed by atoms with van der Waals surface area (Å²) < 4.78 is 0. The van der Waals surface area contributed by atoms with E-state index >= 15 is 0 Å². The minimum Gasteiger partial charge on any atom is -0.480 e. The number of aliphatic carboxylic acids is 1. The normalized spacial score (nSPS) is 14.5. The summed E-state index contributed by atoms with van der Waals surface area (Å²) in [5.74, 6) is -1.05. The van der Waals surface area contributed by atoms with Crippen molar-refractivity contribution in [2.45, 2.75) is 39.2 Å². The first-order chi connectivity index (χ1) is 7.47. The molecule has 0 spiro atoms. The van der Waals surface area contributed by atoms with Gasteiger partial charge in [-0.15, -0.1) is 0 Å². The smallest absolute Gasteiger partial charge is 0.321 e. The zero-order valence-corrected chi connectivity index (χ0v) is 10.0. The van der Waals surface area contributed by atoms with Crippen molar-refractivity contribution in [3.63, 3.8) is 0 Å². The average molecular weight is 221 g/mol. The Hall–Kier alpha value is -1.35. The molecule has 0 heterocycles. The number of nitrogens with two attached hydrogens (primary N) is 1. The first kappa shape index (κ1) is 12.7. The number of carbonyl (C=O) groups is 1. The fraction of sp³-hybridized carbons (Fsp3) is 0.462. The van der Waals surface area contributed by atoms with Gasteiger partial charge in [0.15, 0.2) is 0 Å². The molecule has 0 aliphatic rings. The van der Waals surface area contributed by atoms with Crippen LogP contribution in [0.25, 0.3) is 0 Å². The fourth-order valence-corrected chi connectivity index (χ4v) is 2.00. The summed E-state index contributed by atoms with van der Waals surface area (Å²) in [5.41, 5.74) is 9.02. The van der Waals surface area contributed by atoms with Gasteiger partial charge < -0.3 is 10.8 Å². The van der Waals surface area contributed by atoms with Crippen LogP contribution in [-0.4, -0.2) is 17.1 Å². The lowest BCUT2D eigenvalue weighted by atomic mass is 9.86. The zero-order chi connectivity index (χ0) is 12.3. The van der Waals surface area contributed by atoms with Crippen molar-refractivity contribution in [2.24, 2.45) is 5.73 Å². The van der Waals surface area contributed by atoms with Crippen LogP contribution in [0.3, 0.4) is 0 Å². The van der Waals surface area contributed by atoms with Crippen LogP contribution < -0.4 is 5.73 Å². The van der Waals surface area contributed by atoms with E-state index in [0.717, 1.165) is 23.1 Å². The number of carboxylic acid groups (broad SMARTS) is 1. The lowest BCUT2D eigenvalue weighted by Crippen LogP contribution is -2.36. The van der Waals surface area contributed by atoms with Crippen molar-refractivity contribution >= 4 is 5.97 Å². The Morgan fingerprint density at radius 1 is 1.44 bits per heavy atom. The van der Waals surface area contributed by atoms with Gasteiger partial charge in [0.2, 0.25) is 0 Å². The molecule has 88 valence electrons. The molecule has 2 atom stereocenters. The zero-order valence-electron chi connectivity index (χ0n) is 10.0. The summed E-state index contributed by atoms with van der Waals surface area (Å²) in [5, 5.41) is 8.98. The highest BCUT2D eigenvalue weighted by atomic mass is 16.4. The molecule has 3 heteroatoms. The van der Waals surface area contributed by atoms with Crippen LogP contribution in [0.4, 0.5) is 0 Å². The van der Waals surface area contributed by atoms with Crippen LogP contribution >= 0.6 is 0 Å². The van der Waals surface area contributed by atoms with Gasteiger partial charge in [-0.2, -0.15) is 0 Å². The Balaban J connectivity index is 3.12. The molecule has 1 rings (SSSR count). The van der Waals surface area contributed by atoms with Crippen LogP contribution in [0.2, 0.25) is 0 Å². The summed E-state index contributed by atoms with van der Waals surface area (Å²) in [6, 6.07) is 5.25. The molecule has 0 aromatic heterocycles. The number of carboxylic acids is 1. The van der Waals surface area contributed by atoms with E-state index in [4.69, 9.17) is 10.8 Å². The van der Waals surface area contributed by atoms with Crippen LogP contribution in [0, 0.1) is 13.8 Å². The predicted octanol–water partition coefficient (Wildman–Crippen LogP) is 2.21. The van der Waals surface area contributed by atoms with E-state index in [9.17, 15) is 4.79 Å². The third-order valence-electron chi connectivity index (χ3n) is 2.99. The van der Waals surface area contributed by atoms with E-state index in [0.29, 0.717) is 0 Å². The molecule has 0 amide bonds. The summed E-state index contributed by atoms with van der Waals surface area (Å²) in [6.45, 7) is 5.96. The number of aryl methyl sites for hydroxylation is 2. The van der Waals surface area contributed by atoms with Gasteiger partial charge >= 0.3 is 5.97 Å². The highest BCUT2D eigenvalue weighted by Gasteiger charge is 2.25. The first-order valence-electron chi connectivity index (χ1n) is 5.53. The van der Waals surface area contributed by atoms with Gasteiger partial charge in [0, 0.05) is 5.92 Å². The summed E-state index contributed by atoms with van der Waals surface area (Å²) in [6.07, 6.45) is 0.734. The van der Waals surface area contributed by atoms with Crippen LogP contribution in [-0.2, 0) is 4.79 Å². The number of hydrogen-bond acceptors (Lipinski definition) is 2. The van der Waals surface area contributed by atoms with Crippen molar-refractivity contribution in [3.05, 3.63) is 34.9 Å². The molecule has 0 aliphatic heterocycles. The average Bonchev–Trinajstić information content (AvgIpc) is 2.23. The molecule has 0 fully saturated rings. The molecule has 3 nitrogen and oxygen atoms in total. The number of rotatable bonds is 4. The van der Waals surface area contributed by atoms with Gasteiger partial charge in [0.25, 0.3) is 0 Å². The third-order valence-corrected chi connectivity index (χ3v) is 2.99. The van der Waals surface area contributed by atoms with Crippen molar-refractivity contribution in [2.75, 3.05) is 0 Å². The maximum absolute atomic E-state index is 10.9. The molecule has 0 aliphatic carbocycles. The second-order valence-corrected chi connectivity index (χ2v) is 4.24. The monoisotopic (exact) mass is 221 g/mol. The topological polar surface area (TPSA) is 63.3 Å². The third kappa shape index (κ3) is 2.61. The Labute approximate surface area is 96.3 Å². The Kier molecular flexibility index (Phi) is 4.07. The Bertz CT molecular complexity index is 388. The maximum Gasteiger partial charge on any atom is 0.321 e. The lowest BCUT2D eigenvalue weighted by Gasteiger charge is -2.22. The van der Waals surface area contributed by atoms with E-state index < -0.39 is 12.0 Å². The Morgan fingerprint density at radius 3 is 2.56 bits per heavy atom. The maximum atomic E-state index is 10.9. The molecule has 0 saturated carbocycles. The highest BCUT2D eigenvalue weighted by Crippen LogP contribution is 2.26. The predicted molar refractivity (Wildman–Crippen MR) is 64.6 cm³/mol. The fourth-order valence-electron chi connectivity index (χ4n) is 2.00. The van der Waals surface area contributed by atoms with Gasteiger partial charge in [0.1, 0.15) is 6.04 Å². The van der Waals surface area contributed by atoms with E-state index in [-0.39, 0.29) is 5.92 Å². The standard InChI is InChI=1S/C13H19NO2/c1-4-10(12(14)13(15)16)11-7-8(2)5-6-9(11)3/h5-7,10,12H,4,14H2,1-3H3,(H,15,16). The van der Waals surface area contributed by atoms with Crippen molar-refractivity contribution in [3.8, 4) is 0 Å². The molecule has 0 bridgehead atoms. The minimum absolute atomic E-state index is 0.114. The number of hydrogen-bond donors (Lipinski definition) is 2. The summed E-state index contributed by atoms with van der Waals surface area (Å²) in [4.78, 5) is 10.9. The van der Waals surface area contributed by atoms with Crippen molar-refractivity contribution in [1.29, 1.82) is 0 Å². The molecule has 2 unspecified atom stereocenters. The van der Waals surface area contributed by atoms with E-state index in [1.807, 2.05) is 39.0 Å². The molecule has 1 aromatic carbocycles. The summed E-state index contributed by atoms with van der Waals surface area (Å²) >= 11 is 0. The van der Waals surface area contributed by atoms with Gasteiger partial charge in [-0.3, -0.25) is 4.79 Å². The van der Waals surface area contributed by atoms with Crippen molar-refractivity contribution in [1.82, 2.24) is 0 Å². The molecule has 1 aromatic rings. The lowest BCUT2D eigenvalue weighted by molar-refractivity contribution is -0.139. The SMILES string of the molecule is CCC(c1cc(C)ccc1C)C(N)C(=O)O. The Morgan fingerprint density at radius 2 is 2.06 bits per heavy atom. The first-order valence-corrected chi connectivity index (χ1v) is 5.53. The van der Waals surface area contributed by atoms with Crippen molar-refractivity contribution < 1.29 is 9.90 Å². The molecule has 16 heavy (non-hydrogen) atoms. The molecule has 0 saturated heterocycles. The van der Waals surface area contributed by atoms with Gasteiger partial charge in [-0.25, -0.2) is 0 Å². The highest BCUT2D eigenvalue weighted by molar-refractivity contribution is 5.74. The molecular formula is C13H19NO2. The van der Waals surface area contributed by atoms with Crippen LogP contribution in [0.15, 0.2) is 18.2 Å². The van der Waals surface area contributed by atoms with Gasteiger partial charge in [-0.05, 0) is 31.4 Å². The van der Waals surface area contributed by atoms with Gasteiger partial charge in [0.05, 0.1) is 0 Å². The molecule has 3 N–H and O–H groups in total. The molecular weight excluding hydrogens is 202 g/mol. The van der Waals surface area contributed by atoms with Crippen LogP contribution in [0.1, 0.15) is 36.0 Å². The molecule has 0 radical (unpaired) electrons. The quantitative estimate of drug-likeness (QED) is 0.819. The van der Waals surface area contributed by atoms with E-state index in [1.54, 1.807) is 0 Å². The minimum atomic E-state index is -0.937. The van der Waals surface area contributed by atoms with E-state index in [2.05, 4.69) is 0 Å². The largest absolute Gasteiger partial charge is 0.480 e. The second-order valence-electron chi connectivity index (χ2n) is 4.24. The van der Waals surface area contributed by atoms with Gasteiger partial charge in [-0.1, -0.05) is 30.7 Å². The van der Waals surface area contributed by atoms with E-state index in [1.165, 1.54) is 0 Å².